The molecule has 0 bridgehead atoms. The second-order valence-electron chi connectivity index (χ2n) is 7.81. The third-order valence-corrected chi connectivity index (χ3v) is 6.32. The van der Waals surface area contributed by atoms with Gasteiger partial charge in [0.15, 0.2) is 5.75 Å². The van der Waals surface area contributed by atoms with Crippen LogP contribution in [0, 0.1) is 0 Å². The van der Waals surface area contributed by atoms with Crippen molar-refractivity contribution in [2.45, 2.75) is 13.8 Å². The van der Waals surface area contributed by atoms with E-state index in [0.717, 1.165) is 20.5 Å². The lowest BCUT2D eigenvalue weighted by atomic mass is 10.1. The van der Waals surface area contributed by atoms with Gasteiger partial charge in [0.25, 0.3) is 0 Å². The summed E-state index contributed by atoms with van der Waals surface area (Å²) in [5, 5.41) is 10.8. The molecular weight excluding hydrogens is 495 g/mol. The fourth-order valence-corrected chi connectivity index (χ4v) is 4.58. The Labute approximate surface area is 221 Å². The number of thiophene rings is 1. The average molecular weight is 529 g/mol. The topological polar surface area (TPSA) is 66.4 Å². The van der Waals surface area contributed by atoms with Gasteiger partial charge < -0.3 is 28.8 Å². The lowest BCUT2D eigenvalue weighted by Crippen LogP contribution is -2.12. The van der Waals surface area contributed by atoms with Gasteiger partial charge in [0.05, 0.1) is 37.9 Å². The molecule has 0 aliphatic heterocycles. The van der Waals surface area contributed by atoms with Crippen LogP contribution < -0.4 is 9.47 Å². The van der Waals surface area contributed by atoms with Crippen LogP contribution in [0.4, 0.5) is 4.39 Å². The summed E-state index contributed by atoms with van der Waals surface area (Å²) in [5.74, 6) is 1.58. The van der Waals surface area contributed by atoms with Crippen molar-refractivity contribution >= 4 is 27.0 Å². The Kier molecular flexibility index (Phi) is 11.6. The minimum Gasteiger partial charge on any atom is -0.508 e. The van der Waals surface area contributed by atoms with Crippen LogP contribution in [0.3, 0.4) is 0 Å². The number of phenolic OH excluding ortho intramolecular Hbond substituents is 1. The molecular formula is C29H33FO6S. The van der Waals surface area contributed by atoms with Crippen LogP contribution in [0.1, 0.15) is 18.7 Å². The molecule has 198 valence electrons. The van der Waals surface area contributed by atoms with Gasteiger partial charge in [-0.05, 0) is 68.0 Å². The first-order chi connectivity index (χ1) is 18.0. The maximum atomic E-state index is 13.3. The molecule has 0 saturated carbocycles. The Hall–Kier alpha value is -3.17. The molecule has 0 fully saturated rings. The second-order valence-corrected chi connectivity index (χ2v) is 8.86. The van der Waals surface area contributed by atoms with Crippen LogP contribution in [0.5, 0.6) is 23.0 Å². The van der Waals surface area contributed by atoms with Gasteiger partial charge in [-0.2, -0.15) is 0 Å². The summed E-state index contributed by atoms with van der Waals surface area (Å²) in [7, 11) is 0. The van der Waals surface area contributed by atoms with E-state index in [1.165, 1.54) is 17.4 Å². The summed E-state index contributed by atoms with van der Waals surface area (Å²) in [4.78, 5) is 0.819. The van der Waals surface area contributed by atoms with E-state index < -0.39 is 5.83 Å². The molecule has 3 rings (SSSR count). The smallest absolute Gasteiger partial charge is 0.153 e. The summed E-state index contributed by atoms with van der Waals surface area (Å²) >= 11 is 1.46. The number of hydrogen-bond donors (Lipinski definition) is 1. The predicted molar refractivity (Wildman–Crippen MR) is 147 cm³/mol. The first kappa shape index (κ1) is 28.4. The Morgan fingerprint density at radius 1 is 0.919 bits per heavy atom. The Morgan fingerprint density at radius 3 is 2.22 bits per heavy atom. The van der Waals surface area contributed by atoms with Crippen molar-refractivity contribution in [3.63, 3.8) is 0 Å². The van der Waals surface area contributed by atoms with E-state index in [0.29, 0.717) is 63.5 Å². The molecule has 0 aliphatic carbocycles. The minimum absolute atomic E-state index is 0.168. The molecule has 2 aromatic carbocycles. The molecule has 6 nitrogen and oxygen atoms in total. The van der Waals surface area contributed by atoms with Crippen molar-refractivity contribution in [1.29, 1.82) is 0 Å². The number of aromatic hydroxyl groups is 1. The van der Waals surface area contributed by atoms with E-state index in [2.05, 4.69) is 6.58 Å². The molecule has 0 saturated heterocycles. The SMILES string of the molecule is C=C(F)/C=C\C(=C/C)c1sc2cc(O)ccc2c1Oc1ccc(OCCOCCOCCOCC)cc1. The zero-order chi connectivity index (χ0) is 26.5. The van der Waals surface area contributed by atoms with E-state index in [9.17, 15) is 9.50 Å². The fourth-order valence-electron chi connectivity index (χ4n) is 3.36. The lowest BCUT2D eigenvalue weighted by molar-refractivity contribution is 0.0114. The average Bonchev–Trinajstić information content (AvgIpc) is 3.23. The van der Waals surface area contributed by atoms with E-state index in [1.54, 1.807) is 18.2 Å². The first-order valence-electron chi connectivity index (χ1n) is 12.1. The molecule has 1 N–H and O–H groups in total. The molecule has 1 aromatic heterocycles. The highest BCUT2D eigenvalue weighted by molar-refractivity contribution is 7.20. The number of hydrogen-bond acceptors (Lipinski definition) is 7. The van der Waals surface area contributed by atoms with Crippen molar-refractivity contribution < 1.29 is 33.2 Å². The van der Waals surface area contributed by atoms with Crippen LogP contribution in [0.25, 0.3) is 15.7 Å². The van der Waals surface area contributed by atoms with Gasteiger partial charge in [-0.1, -0.05) is 18.7 Å². The summed E-state index contributed by atoms with van der Waals surface area (Å²) in [6.07, 6.45) is 4.85. The molecule has 0 aliphatic rings. The van der Waals surface area contributed by atoms with Crippen LogP contribution in [0.15, 0.2) is 73.1 Å². The third kappa shape index (κ3) is 9.02. The van der Waals surface area contributed by atoms with E-state index in [4.69, 9.17) is 23.7 Å². The van der Waals surface area contributed by atoms with Crippen LogP contribution in [-0.2, 0) is 14.2 Å². The standard InChI is InChI=1S/C29H33FO6S/c1-4-22(7-6-21(3)30)29-28(26-13-8-23(31)20-27(26)37-29)36-25-11-9-24(10-12-25)35-19-18-34-17-16-33-15-14-32-5-2/h4,6-13,20,31H,3,5,14-19H2,1-2H3/b7-6-,22-4+. The normalized spacial score (nSPS) is 11.9. The number of ether oxygens (including phenoxy) is 5. The monoisotopic (exact) mass is 528 g/mol. The van der Waals surface area contributed by atoms with E-state index in [-0.39, 0.29) is 5.75 Å². The minimum atomic E-state index is -0.535. The van der Waals surface area contributed by atoms with E-state index in [1.807, 2.05) is 50.3 Å². The number of benzene rings is 2. The molecule has 1 heterocycles. The number of phenols is 1. The Balaban J connectivity index is 1.59. The summed E-state index contributed by atoms with van der Waals surface area (Å²) in [6, 6.07) is 12.4. The molecule has 0 radical (unpaired) electrons. The number of fused-ring (bicyclic) bond motifs is 1. The van der Waals surface area contributed by atoms with Gasteiger partial charge in [0, 0.05) is 16.7 Å². The van der Waals surface area contributed by atoms with Crippen molar-refractivity contribution in [2.75, 3.05) is 46.2 Å². The van der Waals surface area contributed by atoms with Gasteiger partial charge in [0.1, 0.15) is 29.7 Å². The highest BCUT2D eigenvalue weighted by atomic mass is 32.1. The molecule has 3 aromatic rings. The zero-order valence-electron chi connectivity index (χ0n) is 21.2. The van der Waals surface area contributed by atoms with E-state index >= 15 is 0 Å². The molecule has 0 unspecified atom stereocenters. The quantitative estimate of drug-likeness (QED) is 0.156. The summed E-state index contributed by atoms with van der Waals surface area (Å²) in [5.41, 5.74) is 0.786. The molecule has 8 heteroatoms. The maximum Gasteiger partial charge on any atom is 0.153 e. The highest BCUT2D eigenvalue weighted by Crippen LogP contribution is 2.45. The predicted octanol–water partition coefficient (Wildman–Crippen LogP) is 7.29. The summed E-state index contributed by atoms with van der Waals surface area (Å²) < 4.78 is 42.3. The maximum absolute atomic E-state index is 13.3. The highest BCUT2D eigenvalue weighted by Gasteiger charge is 2.17. The second kappa shape index (κ2) is 15.2. The number of allylic oxidation sites excluding steroid dienone is 5. The zero-order valence-corrected chi connectivity index (χ0v) is 22.0. The van der Waals surface area contributed by atoms with Gasteiger partial charge in [-0.25, -0.2) is 4.39 Å². The van der Waals surface area contributed by atoms with Gasteiger partial charge in [-0.15, -0.1) is 11.3 Å². The Morgan fingerprint density at radius 2 is 1.57 bits per heavy atom. The van der Waals surface area contributed by atoms with Crippen LogP contribution >= 0.6 is 11.3 Å². The number of halogens is 1. The van der Waals surface area contributed by atoms with Gasteiger partial charge in [-0.3, -0.25) is 0 Å². The molecule has 0 spiro atoms. The molecule has 37 heavy (non-hydrogen) atoms. The van der Waals surface area contributed by atoms with Crippen molar-refractivity contribution in [1.82, 2.24) is 0 Å². The molecule has 0 amide bonds. The first-order valence-corrected chi connectivity index (χ1v) is 12.9. The van der Waals surface area contributed by atoms with Gasteiger partial charge >= 0.3 is 0 Å². The fraction of sp³-hybridized carbons (Fsp3) is 0.310. The summed E-state index contributed by atoms with van der Waals surface area (Å²) in [6.45, 7) is 10.8. The van der Waals surface area contributed by atoms with Gasteiger partial charge in [0.2, 0.25) is 0 Å². The Bertz CT molecular complexity index is 1200. The van der Waals surface area contributed by atoms with Crippen molar-refractivity contribution in [3.8, 4) is 23.0 Å². The van der Waals surface area contributed by atoms with Crippen LogP contribution in [0.2, 0.25) is 0 Å². The van der Waals surface area contributed by atoms with Crippen molar-refractivity contribution in [2.24, 2.45) is 0 Å². The third-order valence-electron chi connectivity index (χ3n) is 5.13. The molecule has 0 atom stereocenters. The van der Waals surface area contributed by atoms with Crippen molar-refractivity contribution in [3.05, 3.63) is 78.0 Å². The lowest BCUT2D eigenvalue weighted by Gasteiger charge is -2.11. The van der Waals surface area contributed by atoms with Crippen LogP contribution in [-0.4, -0.2) is 51.4 Å². The largest absolute Gasteiger partial charge is 0.508 e. The number of rotatable bonds is 16.